The van der Waals surface area contributed by atoms with Crippen LogP contribution in [0.3, 0.4) is 0 Å². The number of nitrogens with zero attached hydrogens (tertiary/aromatic N) is 3. The van der Waals surface area contributed by atoms with Crippen LogP contribution >= 0.6 is 11.8 Å². The molecule has 7 heteroatoms. The van der Waals surface area contributed by atoms with Gasteiger partial charge in [0, 0.05) is 18.3 Å². The summed E-state index contributed by atoms with van der Waals surface area (Å²) in [6.45, 7) is 10.1. The Morgan fingerprint density at radius 3 is 2.53 bits per heavy atom. The van der Waals surface area contributed by atoms with Crippen molar-refractivity contribution >= 4 is 28.6 Å². The predicted molar refractivity (Wildman–Crippen MR) is 143 cm³/mol. The highest BCUT2D eigenvalue weighted by molar-refractivity contribution is 7.99. The van der Waals surface area contributed by atoms with Crippen molar-refractivity contribution in [2.45, 2.75) is 93.7 Å². The van der Waals surface area contributed by atoms with E-state index in [-0.39, 0.29) is 16.2 Å². The number of hydrogen-bond donors (Lipinski definition) is 1. The summed E-state index contributed by atoms with van der Waals surface area (Å²) < 4.78 is 16.4. The quantitative estimate of drug-likeness (QED) is 0.568. The number of aryl methyl sites for hydroxylation is 1. The van der Waals surface area contributed by atoms with Gasteiger partial charge in [0.05, 0.1) is 33.7 Å². The Morgan fingerprint density at radius 2 is 1.85 bits per heavy atom. The SMILES string of the molecule is Cc1nc(N2CCC3(CC2)Cc2ccccc2[C@H]3NS(=O)C(C)(C)C)cnc1SC1CCCC1. The molecule has 1 unspecified atom stereocenters. The second-order valence-corrected chi connectivity index (χ2v) is 14.6. The molecule has 1 N–H and O–H groups in total. The fourth-order valence-electron chi connectivity index (χ4n) is 5.80. The highest BCUT2D eigenvalue weighted by atomic mass is 32.2. The standard InChI is InChI=1S/C27H38N4OS2/c1-19-25(33-21-10-6-7-11-21)28-18-23(29-19)31-15-13-27(14-16-31)17-20-9-5-8-12-22(20)24(27)30-34(32)26(2,3)4/h5,8-9,12,18,21,24,30H,6-7,10-11,13-17H2,1-4H3/t24-,34?/m1/s1. The first-order chi connectivity index (χ1) is 16.2. The van der Waals surface area contributed by atoms with Gasteiger partial charge in [0.25, 0.3) is 0 Å². The van der Waals surface area contributed by atoms with E-state index in [9.17, 15) is 4.21 Å². The molecule has 5 nitrogen and oxygen atoms in total. The Kier molecular flexibility index (Phi) is 6.81. The monoisotopic (exact) mass is 498 g/mol. The molecule has 0 radical (unpaired) electrons. The fourth-order valence-corrected chi connectivity index (χ4v) is 7.96. The summed E-state index contributed by atoms with van der Waals surface area (Å²) in [6.07, 6.45) is 10.5. The lowest BCUT2D eigenvalue weighted by Gasteiger charge is -2.44. The first-order valence-corrected chi connectivity index (χ1v) is 14.8. The summed E-state index contributed by atoms with van der Waals surface area (Å²) in [6, 6.07) is 8.85. The number of anilines is 1. The molecule has 1 aromatic carbocycles. The van der Waals surface area contributed by atoms with Crippen molar-refractivity contribution in [1.29, 1.82) is 0 Å². The second kappa shape index (κ2) is 9.55. The average molecular weight is 499 g/mol. The largest absolute Gasteiger partial charge is 0.355 e. The van der Waals surface area contributed by atoms with Crippen molar-refractivity contribution in [3.8, 4) is 0 Å². The first-order valence-electron chi connectivity index (χ1n) is 12.8. The van der Waals surface area contributed by atoms with Crippen LogP contribution in [0.2, 0.25) is 0 Å². The molecule has 1 saturated carbocycles. The van der Waals surface area contributed by atoms with E-state index in [1.165, 1.54) is 36.8 Å². The minimum atomic E-state index is -1.10. The lowest BCUT2D eigenvalue weighted by atomic mass is 9.73. The van der Waals surface area contributed by atoms with E-state index < -0.39 is 11.0 Å². The number of rotatable bonds is 5. The molecule has 34 heavy (non-hydrogen) atoms. The molecule has 2 fully saturated rings. The summed E-state index contributed by atoms with van der Waals surface area (Å²) in [5, 5.41) is 1.81. The number of aromatic nitrogens is 2. The van der Waals surface area contributed by atoms with Gasteiger partial charge in [-0.15, -0.1) is 11.8 Å². The molecule has 1 aliphatic heterocycles. The third-order valence-electron chi connectivity index (χ3n) is 7.85. The number of nitrogens with one attached hydrogen (secondary N) is 1. The third kappa shape index (κ3) is 4.80. The molecule has 0 bridgehead atoms. The van der Waals surface area contributed by atoms with Crippen molar-refractivity contribution in [2.24, 2.45) is 5.41 Å². The molecular weight excluding hydrogens is 460 g/mol. The van der Waals surface area contributed by atoms with E-state index in [1.807, 2.05) is 38.7 Å². The Labute approximate surface area is 211 Å². The summed E-state index contributed by atoms with van der Waals surface area (Å²) in [5.41, 5.74) is 3.89. The Morgan fingerprint density at radius 1 is 1.15 bits per heavy atom. The van der Waals surface area contributed by atoms with Crippen LogP contribution in [0.1, 0.15) is 82.2 Å². The molecule has 2 heterocycles. The van der Waals surface area contributed by atoms with E-state index >= 15 is 0 Å². The molecule has 2 aromatic rings. The van der Waals surface area contributed by atoms with Crippen LogP contribution < -0.4 is 9.62 Å². The van der Waals surface area contributed by atoms with Crippen LogP contribution in [0.5, 0.6) is 0 Å². The summed E-state index contributed by atoms with van der Waals surface area (Å²) in [5.74, 6) is 1.00. The Bertz CT molecular complexity index is 1050. The molecule has 2 aliphatic carbocycles. The molecule has 184 valence electrons. The van der Waals surface area contributed by atoms with Crippen molar-refractivity contribution in [2.75, 3.05) is 18.0 Å². The van der Waals surface area contributed by atoms with Gasteiger partial charge in [-0.05, 0) is 76.3 Å². The molecule has 0 amide bonds. The van der Waals surface area contributed by atoms with Crippen molar-refractivity contribution < 1.29 is 4.21 Å². The van der Waals surface area contributed by atoms with E-state index in [4.69, 9.17) is 9.97 Å². The maximum atomic E-state index is 13.1. The number of piperidine rings is 1. The summed E-state index contributed by atoms with van der Waals surface area (Å²) >= 11 is 1.92. The zero-order valence-corrected chi connectivity index (χ0v) is 22.6. The van der Waals surface area contributed by atoms with Crippen molar-refractivity contribution in [3.63, 3.8) is 0 Å². The predicted octanol–water partition coefficient (Wildman–Crippen LogP) is 5.76. The zero-order valence-electron chi connectivity index (χ0n) is 21.0. The van der Waals surface area contributed by atoms with Gasteiger partial charge in [0.15, 0.2) is 0 Å². The highest BCUT2D eigenvalue weighted by Gasteiger charge is 2.48. The lowest BCUT2D eigenvalue weighted by molar-refractivity contribution is 0.177. The van der Waals surface area contributed by atoms with Gasteiger partial charge < -0.3 is 4.90 Å². The van der Waals surface area contributed by atoms with Crippen LogP contribution in [0.15, 0.2) is 35.5 Å². The lowest BCUT2D eigenvalue weighted by Crippen LogP contribution is -2.48. The Balaban J connectivity index is 1.31. The minimum absolute atomic E-state index is 0.0990. The van der Waals surface area contributed by atoms with Crippen LogP contribution in [-0.4, -0.2) is 37.3 Å². The van der Waals surface area contributed by atoms with Gasteiger partial charge >= 0.3 is 0 Å². The van der Waals surface area contributed by atoms with Gasteiger partial charge in [-0.2, -0.15) is 0 Å². The number of thioether (sulfide) groups is 1. The highest BCUT2D eigenvalue weighted by Crippen LogP contribution is 2.52. The van der Waals surface area contributed by atoms with Crippen molar-refractivity contribution in [1.82, 2.24) is 14.7 Å². The van der Waals surface area contributed by atoms with E-state index in [0.29, 0.717) is 5.25 Å². The molecular formula is C27H38N4OS2. The molecule has 5 rings (SSSR count). The van der Waals surface area contributed by atoms with Gasteiger partial charge in [-0.1, -0.05) is 37.1 Å². The zero-order chi connectivity index (χ0) is 23.9. The first kappa shape index (κ1) is 24.3. The molecule has 1 aromatic heterocycles. The number of hydrogen-bond acceptors (Lipinski definition) is 5. The summed E-state index contributed by atoms with van der Waals surface area (Å²) in [4.78, 5) is 12.2. The van der Waals surface area contributed by atoms with E-state index in [2.05, 4.69) is 40.8 Å². The van der Waals surface area contributed by atoms with Crippen LogP contribution in [0.25, 0.3) is 0 Å². The van der Waals surface area contributed by atoms with Gasteiger partial charge in [-0.25, -0.2) is 18.9 Å². The molecule has 1 saturated heterocycles. The van der Waals surface area contributed by atoms with Gasteiger partial charge in [0.2, 0.25) is 0 Å². The maximum Gasteiger partial charge on any atom is 0.147 e. The van der Waals surface area contributed by atoms with Crippen molar-refractivity contribution in [3.05, 3.63) is 47.3 Å². The third-order valence-corrected chi connectivity index (χ3v) is 10.8. The Hall–Kier alpha value is -1.44. The van der Waals surface area contributed by atoms with Gasteiger partial charge in [0.1, 0.15) is 10.8 Å². The number of fused-ring (bicyclic) bond motifs is 1. The van der Waals surface area contributed by atoms with Crippen LogP contribution in [0, 0.1) is 12.3 Å². The van der Waals surface area contributed by atoms with Crippen LogP contribution in [0.4, 0.5) is 5.82 Å². The van der Waals surface area contributed by atoms with E-state index in [1.54, 1.807) is 0 Å². The fraction of sp³-hybridized carbons (Fsp3) is 0.630. The average Bonchev–Trinajstić information content (AvgIpc) is 3.42. The number of benzene rings is 1. The molecule has 1 spiro atoms. The van der Waals surface area contributed by atoms with Crippen LogP contribution in [-0.2, 0) is 17.4 Å². The molecule has 3 aliphatic rings. The second-order valence-electron chi connectivity index (χ2n) is 11.3. The maximum absolute atomic E-state index is 13.1. The van der Waals surface area contributed by atoms with E-state index in [0.717, 1.165) is 48.9 Å². The minimum Gasteiger partial charge on any atom is -0.355 e. The normalized spacial score (nSPS) is 23.4. The summed E-state index contributed by atoms with van der Waals surface area (Å²) in [7, 11) is -1.10. The topological polar surface area (TPSA) is 58.1 Å². The molecule has 2 atom stereocenters. The van der Waals surface area contributed by atoms with Gasteiger partial charge in [-0.3, -0.25) is 0 Å². The smallest absolute Gasteiger partial charge is 0.147 e.